The molecule has 1 rings (SSSR count). The molecule has 62 heavy (non-hydrogen) atoms. The number of hydrogen-bond acceptors (Lipinski definition) is 10. The number of carbonyl (C=O) groups excluding carboxylic acids is 3. The zero-order chi connectivity index (χ0) is 45.9. The van der Waals surface area contributed by atoms with Crippen LogP contribution in [0.5, 0.6) is 0 Å². The van der Waals surface area contributed by atoms with E-state index < -0.39 is 85.7 Å². The van der Waals surface area contributed by atoms with Gasteiger partial charge in [-0.3, -0.25) is 24.9 Å². The highest BCUT2D eigenvalue weighted by atomic mass is 16.6. The molecule has 0 saturated carbocycles. The maximum atomic E-state index is 14.2. The second kappa shape index (κ2) is 37.1. The number of nitrogens with two attached hydrogens (primary N) is 1. The van der Waals surface area contributed by atoms with Crippen LogP contribution in [0.3, 0.4) is 0 Å². The normalized spacial score (nSPS) is 20.6. The van der Waals surface area contributed by atoms with Gasteiger partial charge in [0.1, 0.15) is 24.2 Å². The quantitative estimate of drug-likeness (QED) is 0.0227. The Kier molecular flexibility index (Phi) is 34.6. The van der Waals surface area contributed by atoms with Gasteiger partial charge < -0.3 is 40.5 Å². The van der Waals surface area contributed by atoms with E-state index in [1.807, 2.05) is 0 Å². The predicted octanol–water partition coefficient (Wildman–Crippen LogP) is 8.59. The molecule has 2 amide bonds. The molecule has 0 radical (unpaired) electrons. The third-order valence-corrected chi connectivity index (χ3v) is 12.7. The van der Waals surface area contributed by atoms with E-state index in [1.54, 1.807) is 0 Å². The molecular formula is C49H93N3O10. The summed E-state index contributed by atoms with van der Waals surface area (Å²) in [4.78, 5) is 53.1. The molecule has 0 aromatic carbocycles. The average Bonchev–Trinajstić information content (AvgIpc) is 3.25. The molecule has 1 heterocycles. The molecule has 1 fully saturated rings. The molecule has 0 unspecified atom stereocenters. The van der Waals surface area contributed by atoms with Crippen LogP contribution in [-0.4, -0.2) is 104 Å². The number of aliphatic carboxylic acids is 1. The van der Waals surface area contributed by atoms with Crippen LogP contribution < -0.4 is 11.1 Å². The van der Waals surface area contributed by atoms with Gasteiger partial charge in [-0.15, -0.1) is 0 Å². The van der Waals surface area contributed by atoms with Gasteiger partial charge in [0.2, 0.25) is 17.7 Å². The summed E-state index contributed by atoms with van der Waals surface area (Å²) in [6, 6.07) is -1.64. The van der Waals surface area contributed by atoms with Gasteiger partial charge in [0.15, 0.2) is 5.78 Å². The molecule has 8 N–H and O–H groups in total. The lowest BCUT2D eigenvalue weighted by molar-refractivity contribution is -0.292. The van der Waals surface area contributed by atoms with E-state index in [4.69, 9.17) is 15.6 Å². The van der Waals surface area contributed by atoms with Gasteiger partial charge in [0.05, 0.1) is 25.7 Å². The standard InChI is InChI=1S/C49H93N3O10/c1-3-5-7-9-11-13-15-17-19-21-23-25-27-29-31-33-37-52(43(56)34-32-30-28-26-24-22-20-18-16-14-12-10-8-6-4-2)49(50)45(48(61)47(60)41(39-54)62-49)46(59)40(38-53)51-42(55)35-36-44(57)58/h40-41,45,47-48,53-54,60-61H,3-39,50H2,1-2H3,(H,51,55)(H,57,58)/t40-,41+,45+,47+,48+,49-/m0/s1. The van der Waals surface area contributed by atoms with Crippen LogP contribution in [0.25, 0.3) is 0 Å². The number of hydrogen-bond donors (Lipinski definition) is 7. The summed E-state index contributed by atoms with van der Waals surface area (Å²) in [7, 11) is 0. The van der Waals surface area contributed by atoms with Crippen molar-refractivity contribution in [2.75, 3.05) is 19.8 Å². The number of carboxylic acid groups (broad SMARTS) is 1. The molecule has 6 atom stereocenters. The predicted molar refractivity (Wildman–Crippen MR) is 246 cm³/mol. The lowest BCUT2D eigenvalue weighted by atomic mass is 9.80. The highest BCUT2D eigenvalue weighted by molar-refractivity contribution is 5.93. The number of rotatable bonds is 42. The van der Waals surface area contributed by atoms with E-state index in [9.17, 15) is 39.6 Å². The minimum atomic E-state index is -2.33. The van der Waals surface area contributed by atoms with Crippen molar-refractivity contribution in [3.63, 3.8) is 0 Å². The Labute approximate surface area is 376 Å². The second-order valence-corrected chi connectivity index (χ2v) is 18.2. The Morgan fingerprint density at radius 2 is 0.968 bits per heavy atom. The summed E-state index contributed by atoms with van der Waals surface area (Å²) in [5.41, 5.74) is 6.92. The Morgan fingerprint density at radius 1 is 0.581 bits per heavy atom. The largest absolute Gasteiger partial charge is 0.481 e. The Morgan fingerprint density at radius 3 is 1.34 bits per heavy atom. The number of ketones is 1. The minimum Gasteiger partial charge on any atom is -0.481 e. The maximum Gasteiger partial charge on any atom is 0.303 e. The zero-order valence-corrected chi connectivity index (χ0v) is 39.4. The van der Waals surface area contributed by atoms with E-state index in [0.29, 0.717) is 12.8 Å². The number of aliphatic hydroxyl groups is 4. The first-order valence-corrected chi connectivity index (χ1v) is 25.4. The third-order valence-electron chi connectivity index (χ3n) is 12.7. The van der Waals surface area contributed by atoms with E-state index in [-0.39, 0.29) is 13.0 Å². The summed E-state index contributed by atoms with van der Waals surface area (Å²) < 4.78 is 6.04. The first kappa shape index (κ1) is 57.9. The van der Waals surface area contributed by atoms with Crippen molar-refractivity contribution in [1.82, 2.24) is 10.2 Å². The molecule has 1 aliphatic heterocycles. The molecule has 0 aromatic rings. The SMILES string of the molecule is CCCCCCCCCCCCCCCCCCN(C(=O)CCCCCCCCCCCCCCCCC)[C@]1(N)O[C@H](CO)[C@@H](O)[C@H](O)[C@H]1C(=O)[C@H](CO)NC(=O)CCC(=O)O. The molecule has 0 spiro atoms. The van der Waals surface area contributed by atoms with Crippen LogP contribution in [0.15, 0.2) is 0 Å². The van der Waals surface area contributed by atoms with Gasteiger partial charge in [-0.25, -0.2) is 0 Å². The average molecular weight is 884 g/mol. The minimum absolute atomic E-state index is 0.0893. The van der Waals surface area contributed by atoms with E-state index in [1.165, 1.54) is 140 Å². The molecule has 1 saturated heterocycles. The fourth-order valence-corrected chi connectivity index (χ4v) is 8.80. The lowest BCUT2D eigenvalue weighted by Crippen LogP contribution is -2.76. The van der Waals surface area contributed by atoms with E-state index >= 15 is 0 Å². The fourth-order valence-electron chi connectivity index (χ4n) is 8.80. The van der Waals surface area contributed by atoms with Gasteiger partial charge in [0, 0.05) is 19.4 Å². The van der Waals surface area contributed by atoms with Crippen LogP contribution >= 0.6 is 0 Å². The van der Waals surface area contributed by atoms with Crippen LogP contribution in [0.2, 0.25) is 0 Å². The number of carboxylic acids is 1. The van der Waals surface area contributed by atoms with Gasteiger partial charge in [0.25, 0.3) is 0 Å². The van der Waals surface area contributed by atoms with Gasteiger partial charge >= 0.3 is 5.97 Å². The lowest BCUT2D eigenvalue weighted by Gasteiger charge is -2.53. The number of ether oxygens (including phenoxy) is 1. The van der Waals surface area contributed by atoms with Crippen LogP contribution in [-0.2, 0) is 23.9 Å². The van der Waals surface area contributed by atoms with Crippen molar-refractivity contribution in [3.8, 4) is 0 Å². The first-order valence-electron chi connectivity index (χ1n) is 25.4. The van der Waals surface area contributed by atoms with Gasteiger partial charge in [-0.1, -0.05) is 200 Å². The number of nitrogens with zero attached hydrogens (tertiary/aromatic N) is 1. The van der Waals surface area contributed by atoms with E-state index in [0.717, 1.165) is 51.4 Å². The monoisotopic (exact) mass is 884 g/mol. The Balaban J connectivity index is 2.88. The van der Waals surface area contributed by atoms with Crippen molar-refractivity contribution in [2.45, 2.75) is 262 Å². The second-order valence-electron chi connectivity index (χ2n) is 18.2. The fraction of sp³-hybridized carbons (Fsp3) is 0.918. The highest BCUT2D eigenvalue weighted by Gasteiger charge is 2.59. The zero-order valence-electron chi connectivity index (χ0n) is 39.4. The van der Waals surface area contributed by atoms with Crippen molar-refractivity contribution >= 4 is 23.6 Å². The molecule has 0 bridgehead atoms. The molecule has 13 nitrogen and oxygen atoms in total. The number of unbranched alkanes of at least 4 members (excludes halogenated alkanes) is 29. The molecule has 364 valence electrons. The number of carbonyl (C=O) groups is 4. The summed E-state index contributed by atoms with van der Waals surface area (Å²) in [5.74, 6) is -7.57. The summed E-state index contributed by atoms with van der Waals surface area (Å²) in [6.45, 7) is 2.91. The number of nitrogens with one attached hydrogen (secondary N) is 1. The van der Waals surface area contributed by atoms with Crippen molar-refractivity contribution in [3.05, 3.63) is 0 Å². The third kappa shape index (κ3) is 24.8. The smallest absolute Gasteiger partial charge is 0.303 e. The Bertz CT molecular complexity index is 1160. The van der Waals surface area contributed by atoms with Crippen LogP contribution in [0.4, 0.5) is 0 Å². The van der Waals surface area contributed by atoms with Crippen LogP contribution in [0.1, 0.15) is 232 Å². The molecule has 13 heteroatoms. The first-order chi connectivity index (χ1) is 30.0. The number of Topliss-reactive ketones (excluding diaryl/α,β-unsaturated/α-hetero) is 1. The topological polar surface area (TPSA) is 220 Å². The summed E-state index contributed by atoms with van der Waals surface area (Å²) in [5, 5.41) is 53.9. The van der Waals surface area contributed by atoms with Crippen LogP contribution in [0, 0.1) is 5.92 Å². The molecule has 0 aliphatic carbocycles. The molecule has 0 aromatic heterocycles. The summed E-state index contributed by atoms with van der Waals surface area (Å²) >= 11 is 0. The molecular weight excluding hydrogens is 791 g/mol. The van der Waals surface area contributed by atoms with Crippen molar-refractivity contribution in [1.29, 1.82) is 0 Å². The van der Waals surface area contributed by atoms with E-state index in [2.05, 4.69) is 19.2 Å². The number of aliphatic hydroxyl groups excluding tert-OH is 4. The number of amides is 2. The highest BCUT2D eigenvalue weighted by Crippen LogP contribution is 2.37. The Hall–Kier alpha value is -2.16. The molecule has 1 aliphatic rings. The summed E-state index contributed by atoms with van der Waals surface area (Å²) in [6.07, 6.45) is 30.4. The van der Waals surface area contributed by atoms with Gasteiger partial charge in [-0.05, 0) is 12.8 Å². The van der Waals surface area contributed by atoms with Gasteiger partial charge in [-0.2, -0.15) is 0 Å². The van der Waals surface area contributed by atoms with Crippen molar-refractivity contribution in [2.24, 2.45) is 11.7 Å². The maximum absolute atomic E-state index is 14.2. The van der Waals surface area contributed by atoms with Crippen molar-refractivity contribution < 1.29 is 49.4 Å².